The van der Waals surface area contributed by atoms with Gasteiger partial charge in [0.25, 0.3) is 0 Å². The van der Waals surface area contributed by atoms with Crippen LogP contribution in [0.25, 0.3) is 0 Å². The lowest BCUT2D eigenvalue weighted by molar-refractivity contribution is -0.132. The molecule has 0 radical (unpaired) electrons. The fourth-order valence-corrected chi connectivity index (χ4v) is 3.64. The molecule has 0 amide bonds. The van der Waals surface area contributed by atoms with Gasteiger partial charge in [0.2, 0.25) is 0 Å². The second-order valence-corrected chi connectivity index (χ2v) is 6.98. The molecule has 5 heteroatoms. The molecule has 1 aliphatic rings. The Balaban J connectivity index is 2.69. The van der Waals surface area contributed by atoms with E-state index in [1.54, 1.807) is 12.1 Å². The molecule has 0 spiro atoms. The summed E-state index contributed by atoms with van der Waals surface area (Å²) >= 11 is 3.35. The number of rotatable bonds is 3. The number of carbonyl (C=O) groups excluding carboxylic acids is 2. The quantitative estimate of drug-likeness (QED) is 0.860. The summed E-state index contributed by atoms with van der Waals surface area (Å²) in [6.07, 6.45) is -0.0980. The Kier molecular flexibility index (Phi) is 4.59. The highest BCUT2D eigenvalue weighted by Crippen LogP contribution is 2.47. The van der Waals surface area contributed by atoms with E-state index >= 15 is 0 Å². The maximum absolute atomic E-state index is 12.2. The molecule has 4 nitrogen and oxygen atoms in total. The van der Waals surface area contributed by atoms with Crippen LogP contribution in [0.5, 0.6) is 0 Å². The minimum atomic E-state index is -1.40. The molecule has 0 saturated heterocycles. The van der Waals surface area contributed by atoms with Crippen LogP contribution in [0, 0.1) is 5.92 Å². The van der Waals surface area contributed by atoms with Crippen LogP contribution < -0.4 is 0 Å². The first kappa shape index (κ1) is 16.9. The van der Waals surface area contributed by atoms with Gasteiger partial charge >= 0.3 is 0 Å². The number of halogens is 1. The molecular formula is C17H19BrO4. The second kappa shape index (κ2) is 5.97. The van der Waals surface area contributed by atoms with E-state index in [0.29, 0.717) is 0 Å². The van der Waals surface area contributed by atoms with Crippen molar-refractivity contribution in [3.63, 3.8) is 0 Å². The number of aliphatic hydroxyl groups is 2. The topological polar surface area (TPSA) is 74.6 Å². The van der Waals surface area contributed by atoms with E-state index in [0.717, 1.165) is 10.0 Å². The lowest BCUT2D eigenvalue weighted by Gasteiger charge is -2.42. The van der Waals surface area contributed by atoms with Gasteiger partial charge in [-0.25, -0.2) is 0 Å². The molecule has 0 fully saturated rings. The molecule has 0 aliphatic heterocycles. The van der Waals surface area contributed by atoms with E-state index in [1.165, 1.54) is 20.8 Å². The van der Waals surface area contributed by atoms with E-state index in [-0.39, 0.29) is 29.3 Å². The predicted molar refractivity (Wildman–Crippen MR) is 86.6 cm³/mol. The van der Waals surface area contributed by atoms with Gasteiger partial charge in [0.05, 0.1) is 11.5 Å². The van der Waals surface area contributed by atoms with E-state index < -0.39 is 17.4 Å². The summed E-state index contributed by atoms with van der Waals surface area (Å²) in [6.45, 7) is 4.30. The van der Waals surface area contributed by atoms with Gasteiger partial charge in [-0.1, -0.05) is 28.1 Å². The highest BCUT2D eigenvalue weighted by molar-refractivity contribution is 9.10. The van der Waals surface area contributed by atoms with Crippen LogP contribution in [0.15, 0.2) is 40.1 Å². The fraction of sp³-hybridized carbons (Fsp3) is 0.412. The van der Waals surface area contributed by atoms with Gasteiger partial charge in [0.1, 0.15) is 11.5 Å². The summed E-state index contributed by atoms with van der Waals surface area (Å²) in [7, 11) is 0. The highest BCUT2D eigenvalue weighted by atomic mass is 79.9. The van der Waals surface area contributed by atoms with Crippen molar-refractivity contribution in [2.75, 3.05) is 0 Å². The first-order valence-electron chi connectivity index (χ1n) is 7.06. The highest BCUT2D eigenvalue weighted by Gasteiger charge is 2.49. The minimum absolute atomic E-state index is 0.0980. The zero-order chi connectivity index (χ0) is 16.7. The second-order valence-electron chi connectivity index (χ2n) is 6.07. The smallest absolute Gasteiger partial charge is 0.159 e. The van der Waals surface area contributed by atoms with E-state index in [9.17, 15) is 19.8 Å². The molecule has 0 aromatic heterocycles. The van der Waals surface area contributed by atoms with Gasteiger partial charge in [-0.3, -0.25) is 9.59 Å². The number of Topliss-reactive ketones (excluding diaryl/α,β-unsaturated/α-hetero) is 2. The van der Waals surface area contributed by atoms with Crippen molar-refractivity contribution in [3.8, 4) is 0 Å². The van der Waals surface area contributed by atoms with Crippen LogP contribution in [0.4, 0.5) is 0 Å². The first-order chi connectivity index (χ1) is 10.1. The van der Waals surface area contributed by atoms with Crippen LogP contribution in [-0.4, -0.2) is 27.4 Å². The van der Waals surface area contributed by atoms with Crippen molar-refractivity contribution in [2.24, 2.45) is 5.92 Å². The number of carbonyl (C=O) groups is 2. The molecule has 3 atom stereocenters. The molecule has 2 N–H and O–H groups in total. The molecule has 1 aromatic carbocycles. The number of ketones is 2. The van der Waals surface area contributed by atoms with E-state index in [4.69, 9.17) is 0 Å². The van der Waals surface area contributed by atoms with Crippen molar-refractivity contribution in [1.29, 1.82) is 0 Å². The van der Waals surface area contributed by atoms with Crippen molar-refractivity contribution >= 4 is 27.5 Å². The van der Waals surface area contributed by atoms with Crippen molar-refractivity contribution in [1.82, 2.24) is 0 Å². The Hall–Kier alpha value is -1.46. The molecule has 0 bridgehead atoms. The summed E-state index contributed by atoms with van der Waals surface area (Å²) in [5.74, 6) is -2.05. The zero-order valence-corrected chi connectivity index (χ0v) is 14.3. The lowest BCUT2D eigenvalue weighted by atomic mass is 9.64. The van der Waals surface area contributed by atoms with Gasteiger partial charge in [0.15, 0.2) is 5.78 Å². The van der Waals surface area contributed by atoms with Crippen molar-refractivity contribution in [2.45, 2.75) is 38.7 Å². The third-order valence-electron chi connectivity index (χ3n) is 4.20. The summed E-state index contributed by atoms with van der Waals surface area (Å²) < 4.78 is 0.871. The predicted octanol–water partition coefficient (Wildman–Crippen LogP) is 3.29. The standard InChI is InChI=1S/C17H19BrO4/c1-9(19)14-13(21)8-17(3,22)16(10(2)20)15(14)11-4-6-12(18)7-5-11/h4-7,15-16,21-22H,8H2,1-3H3/t15-,16+,17+/m1/s1. The molecule has 22 heavy (non-hydrogen) atoms. The third-order valence-corrected chi connectivity index (χ3v) is 4.73. The Bertz CT molecular complexity index is 643. The molecule has 1 aliphatic carbocycles. The van der Waals surface area contributed by atoms with Crippen LogP contribution in [0.1, 0.15) is 38.7 Å². The normalized spacial score (nSPS) is 28.6. The van der Waals surface area contributed by atoms with Crippen LogP contribution >= 0.6 is 15.9 Å². The summed E-state index contributed by atoms with van der Waals surface area (Å²) in [6, 6.07) is 7.21. The van der Waals surface area contributed by atoms with Crippen molar-refractivity contribution < 1.29 is 19.8 Å². The monoisotopic (exact) mass is 366 g/mol. The van der Waals surface area contributed by atoms with Gasteiger partial charge in [-0.05, 0) is 38.5 Å². The van der Waals surface area contributed by atoms with Crippen LogP contribution in [0.2, 0.25) is 0 Å². The Morgan fingerprint density at radius 2 is 1.77 bits per heavy atom. The molecule has 1 aromatic rings. The number of benzene rings is 1. The fourth-order valence-electron chi connectivity index (χ4n) is 3.37. The number of allylic oxidation sites excluding steroid dienone is 1. The van der Waals surface area contributed by atoms with Gasteiger partial charge in [-0.2, -0.15) is 0 Å². The Labute approximate surface area is 138 Å². The summed E-state index contributed by atoms with van der Waals surface area (Å²) in [5.41, 5.74) is -0.457. The number of hydrogen-bond acceptors (Lipinski definition) is 4. The van der Waals surface area contributed by atoms with Crippen LogP contribution in [0.3, 0.4) is 0 Å². The lowest BCUT2D eigenvalue weighted by Crippen LogP contribution is -2.47. The van der Waals surface area contributed by atoms with Gasteiger partial charge in [-0.15, -0.1) is 0 Å². The largest absolute Gasteiger partial charge is 0.512 e. The molecule has 0 unspecified atom stereocenters. The van der Waals surface area contributed by atoms with E-state index in [1.807, 2.05) is 12.1 Å². The average Bonchev–Trinajstić information content (AvgIpc) is 2.36. The molecule has 0 saturated carbocycles. The molecular weight excluding hydrogens is 348 g/mol. The number of aliphatic hydroxyl groups excluding tert-OH is 1. The molecule has 0 heterocycles. The zero-order valence-electron chi connectivity index (χ0n) is 12.8. The number of hydrogen-bond donors (Lipinski definition) is 2. The maximum atomic E-state index is 12.2. The Morgan fingerprint density at radius 3 is 2.23 bits per heavy atom. The van der Waals surface area contributed by atoms with Crippen LogP contribution in [-0.2, 0) is 9.59 Å². The van der Waals surface area contributed by atoms with Gasteiger partial charge in [0, 0.05) is 22.4 Å². The van der Waals surface area contributed by atoms with Gasteiger partial charge < -0.3 is 10.2 Å². The van der Waals surface area contributed by atoms with Crippen molar-refractivity contribution in [3.05, 3.63) is 45.6 Å². The van der Waals surface area contributed by atoms with E-state index in [2.05, 4.69) is 15.9 Å². The Morgan fingerprint density at radius 1 is 1.23 bits per heavy atom. The summed E-state index contributed by atoms with van der Waals surface area (Å²) in [5, 5.41) is 20.9. The SMILES string of the molecule is CC(=O)C1=C(O)C[C@](C)(O)[C@@H](C(C)=O)[C@@H]1c1ccc(Br)cc1. The molecule has 118 valence electrons. The maximum Gasteiger partial charge on any atom is 0.159 e. The first-order valence-corrected chi connectivity index (χ1v) is 7.85. The third kappa shape index (κ3) is 3.01. The average molecular weight is 367 g/mol. The molecule has 2 rings (SSSR count). The minimum Gasteiger partial charge on any atom is -0.512 e. The summed E-state index contributed by atoms with van der Waals surface area (Å²) in [4.78, 5) is 24.2.